The number of hydrogen-bond acceptors (Lipinski definition) is 2. The predicted octanol–water partition coefficient (Wildman–Crippen LogP) is 0.960. The number of hydrogen-bond donors (Lipinski definition) is 1. The topological polar surface area (TPSA) is 46.2 Å². The van der Waals surface area contributed by atoms with Gasteiger partial charge in [-0.3, -0.25) is 9.59 Å². The number of Topliss-reactive ketones (excluding diaryl/α,β-unsaturated/α-hetero) is 1. The van der Waals surface area contributed by atoms with Crippen LogP contribution in [0, 0.1) is 0 Å². The molecule has 1 fully saturated rings. The maximum atomic E-state index is 12.0. The van der Waals surface area contributed by atoms with Crippen molar-refractivity contribution in [3.05, 3.63) is 35.4 Å². The van der Waals surface area contributed by atoms with Crippen molar-refractivity contribution < 1.29 is 9.59 Å². The van der Waals surface area contributed by atoms with E-state index in [0.717, 1.165) is 24.0 Å². The molecule has 82 valence electrons. The highest BCUT2D eigenvalue weighted by atomic mass is 16.2. The molecule has 1 heterocycles. The van der Waals surface area contributed by atoms with Crippen LogP contribution in [0.2, 0.25) is 0 Å². The number of aryl methyl sites for hydroxylation is 1. The van der Waals surface area contributed by atoms with E-state index in [2.05, 4.69) is 5.32 Å². The molecule has 1 aliphatic carbocycles. The molecule has 1 amide bonds. The second-order valence-corrected chi connectivity index (χ2v) is 4.52. The van der Waals surface area contributed by atoms with Crippen molar-refractivity contribution in [2.45, 2.75) is 24.7 Å². The third-order valence-corrected chi connectivity index (χ3v) is 3.75. The molecule has 3 rings (SSSR count). The highest BCUT2D eigenvalue weighted by Crippen LogP contribution is 2.40. The Hall–Kier alpha value is -1.64. The Morgan fingerprint density at radius 3 is 2.75 bits per heavy atom. The van der Waals surface area contributed by atoms with Gasteiger partial charge in [0, 0.05) is 0 Å². The molecule has 1 aromatic rings. The fourth-order valence-corrected chi connectivity index (χ4v) is 2.95. The zero-order valence-electron chi connectivity index (χ0n) is 8.95. The lowest BCUT2D eigenvalue weighted by Crippen LogP contribution is -2.43. The number of carbonyl (C=O) groups excluding carboxylic acids is 2. The molecular weight excluding hydrogens is 202 g/mol. The van der Waals surface area contributed by atoms with Gasteiger partial charge in [-0.25, -0.2) is 0 Å². The predicted molar refractivity (Wildman–Crippen MR) is 59.1 cm³/mol. The van der Waals surface area contributed by atoms with Crippen LogP contribution in [0.4, 0.5) is 0 Å². The van der Waals surface area contributed by atoms with Gasteiger partial charge in [0.15, 0.2) is 5.78 Å². The van der Waals surface area contributed by atoms with Crippen molar-refractivity contribution in [3.63, 3.8) is 0 Å². The van der Waals surface area contributed by atoms with Crippen molar-refractivity contribution in [2.75, 3.05) is 6.54 Å². The van der Waals surface area contributed by atoms with Gasteiger partial charge in [-0.15, -0.1) is 0 Å². The van der Waals surface area contributed by atoms with Crippen molar-refractivity contribution >= 4 is 11.7 Å². The van der Waals surface area contributed by atoms with E-state index in [0.29, 0.717) is 6.42 Å². The van der Waals surface area contributed by atoms with Crippen LogP contribution in [0.5, 0.6) is 0 Å². The van der Waals surface area contributed by atoms with Crippen LogP contribution in [-0.2, 0) is 21.4 Å². The Morgan fingerprint density at radius 1 is 1.19 bits per heavy atom. The van der Waals surface area contributed by atoms with E-state index >= 15 is 0 Å². The lowest BCUT2D eigenvalue weighted by Gasteiger charge is -2.31. The van der Waals surface area contributed by atoms with Crippen molar-refractivity contribution in [1.82, 2.24) is 5.32 Å². The SMILES string of the molecule is O=C1CNC(=O)[C@]12CCCc1ccccc12. The van der Waals surface area contributed by atoms with Gasteiger partial charge >= 0.3 is 0 Å². The van der Waals surface area contributed by atoms with Gasteiger partial charge in [-0.05, 0) is 30.4 Å². The van der Waals surface area contributed by atoms with Gasteiger partial charge in [0.05, 0.1) is 6.54 Å². The molecule has 0 unspecified atom stereocenters. The molecule has 0 radical (unpaired) electrons. The zero-order valence-corrected chi connectivity index (χ0v) is 8.95. The zero-order chi connectivity index (χ0) is 11.2. The first kappa shape index (κ1) is 9.58. The molecule has 16 heavy (non-hydrogen) atoms. The van der Waals surface area contributed by atoms with Crippen LogP contribution < -0.4 is 5.32 Å². The Balaban J connectivity index is 2.24. The van der Waals surface area contributed by atoms with Crippen molar-refractivity contribution in [2.24, 2.45) is 0 Å². The van der Waals surface area contributed by atoms with Gasteiger partial charge < -0.3 is 5.32 Å². The third-order valence-electron chi connectivity index (χ3n) is 3.75. The summed E-state index contributed by atoms with van der Waals surface area (Å²) in [6, 6.07) is 7.83. The molecule has 3 heteroatoms. The van der Waals surface area contributed by atoms with Gasteiger partial charge in [0.1, 0.15) is 5.41 Å². The minimum Gasteiger partial charge on any atom is -0.348 e. The summed E-state index contributed by atoms with van der Waals surface area (Å²) in [6.07, 6.45) is 2.54. The molecule has 0 saturated carbocycles. The summed E-state index contributed by atoms with van der Waals surface area (Å²) in [5, 5.41) is 2.68. The van der Waals surface area contributed by atoms with Gasteiger partial charge in [-0.2, -0.15) is 0 Å². The lowest BCUT2D eigenvalue weighted by molar-refractivity contribution is -0.130. The van der Waals surface area contributed by atoms with Gasteiger partial charge in [0.2, 0.25) is 5.91 Å². The Labute approximate surface area is 93.8 Å². The first-order chi connectivity index (χ1) is 7.75. The average Bonchev–Trinajstić information content (AvgIpc) is 2.59. The number of fused-ring (bicyclic) bond motifs is 2. The van der Waals surface area contributed by atoms with Crippen LogP contribution in [-0.4, -0.2) is 18.2 Å². The number of ketones is 1. The molecular formula is C13H13NO2. The van der Waals surface area contributed by atoms with Crippen LogP contribution in [0.15, 0.2) is 24.3 Å². The molecule has 3 nitrogen and oxygen atoms in total. The number of rotatable bonds is 0. The normalized spacial score (nSPS) is 28.0. The fraction of sp³-hybridized carbons (Fsp3) is 0.385. The molecule has 1 aliphatic heterocycles. The first-order valence-electron chi connectivity index (χ1n) is 5.65. The minimum atomic E-state index is -0.866. The third kappa shape index (κ3) is 1.03. The Bertz CT molecular complexity index is 463. The average molecular weight is 215 g/mol. The molecule has 1 saturated heterocycles. The molecule has 1 aromatic carbocycles. The standard InChI is InChI=1S/C13H13NO2/c15-11-8-14-12(16)13(11)7-3-5-9-4-1-2-6-10(9)13/h1-2,4,6H,3,5,7-8H2,(H,14,16)/t13-/m0/s1. The molecule has 0 bridgehead atoms. The Kier molecular flexibility index (Phi) is 1.90. The largest absolute Gasteiger partial charge is 0.348 e. The lowest BCUT2D eigenvalue weighted by atomic mass is 9.68. The van der Waals surface area contributed by atoms with Crippen molar-refractivity contribution in [3.8, 4) is 0 Å². The monoisotopic (exact) mass is 215 g/mol. The molecule has 2 aliphatic rings. The van der Waals surface area contributed by atoms with E-state index in [1.807, 2.05) is 24.3 Å². The summed E-state index contributed by atoms with van der Waals surface area (Å²) >= 11 is 0. The number of benzene rings is 1. The van der Waals surface area contributed by atoms with Crippen LogP contribution in [0.1, 0.15) is 24.0 Å². The minimum absolute atomic E-state index is 0.0321. The number of carbonyl (C=O) groups is 2. The van der Waals surface area contributed by atoms with E-state index in [4.69, 9.17) is 0 Å². The Morgan fingerprint density at radius 2 is 2.00 bits per heavy atom. The molecule has 0 aromatic heterocycles. The second-order valence-electron chi connectivity index (χ2n) is 4.52. The summed E-state index contributed by atoms with van der Waals surface area (Å²) < 4.78 is 0. The maximum Gasteiger partial charge on any atom is 0.238 e. The van der Waals surface area contributed by atoms with Crippen molar-refractivity contribution in [1.29, 1.82) is 0 Å². The van der Waals surface area contributed by atoms with E-state index in [1.165, 1.54) is 0 Å². The summed E-state index contributed by atoms with van der Waals surface area (Å²) in [5.41, 5.74) is 1.22. The molecule has 1 N–H and O–H groups in total. The summed E-state index contributed by atoms with van der Waals surface area (Å²) in [6.45, 7) is 0.188. The smallest absolute Gasteiger partial charge is 0.238 e. The highest BCUT2D eigenvalue weighted by molar-refractivity contribution is 6.18. The quantitative estimate of drug-likeness (QED) is 0.655. The van der Waals surface area contributed by atoms with E-state index in [1.54, 1.807) is 0 Å². The molecule has 1 spiro atoms. The van der Waals surface area contributed by atoms with Crippen LogP contribution >= 0.6 is 0 Å². The number of amides is 1. The van der Waals surface area contributed by atoms with Gasteiger partial charge in [0.25, 0.3) is 0 Å². The summed E-state index contributed by atoms with van der Waals surface area (Å²) in [4.78, 5) is 24.0. The second kappa shape index (κ2) is 3.17. The fourth-order valence-electron chi connectivity index (χ4n) is 2.95. The van der Waals surface area contributed by atoms with E-state index in [9.17, 15) is 9.59 Å². The summed E-state index contributed by atoms with van der Waals surface area (Å²) in [7, 11) is 0. The molecule has 1 atom stereocenters. The number of nitrogens with one attached hydrogen (secondary N) is 1. The highest BCUT2D eigenvalue weighted by Gasteiger charge is 2.52. The van der Waals surface area contributed by atoms with E-state index in [-0.39, 0.29) is 18.2 Å². The van der Waals surface area contributed by atoms with Gasteiger partial charge in [-0.1, -0.05) is 24.3 Å². The van der Waals surface area contributed by atoms with Crippen LogP contribution in [0.25, 0.3) is 0 Å². The van der Waals surface area contributed by atoms with E-state index < -0.39 is 5.41 Å². The first-order valence-corrected chi connectivity index (χ1v) is 5.65. The van der Waals surface area contributed by atoms with Crippen LogP contribution in [0.3, 0.4) is 0 Å². The maximum absolute atomic E-state index is 12.0. The summed E-state index contributed by atoms with van der Waals surface area (Å²) in [5.74, 6) is -0.0747.